The van der Waals surface area contributed by atoms with Crippen molar-refractivity contribution >= 4 is 23.0 Å². The molecule has 0 unspecified atom stereocenters. The van der Waals surface area contributed by atoms with Crippen molar-refractivity contribution < 1.29 is 33.4 Å². The maximum absolute atomic E-state index is 12.9. The Balaban J connectivity index is 1.53. The monoisotopic (exact) mass is 541 g/mol. The summed E-state index contributed by atoms with van der Waals surface area (Å²) >= 11 is 0. The quantitative estimate of drug-likeness (QED) is 0.473. The van der Waals surface area contributed by atoms with Crippen LogP contribution in [0, 0.1) is 0 Å². The largest absolute Gasteiger partial charge is 0.463 e. The van der Waals surface area contributed by atoms with E-state index in [0.29, 0.717) is 11.1 Å². The average Bonchev–Trinajstić information content (AvgIpc) is 3.47. The van der Waals surface area contributed by atoms with Crippen molar-refractivity contribution in [3.8, 4) is 11.5 Å². The van der Waals surface area contributed by atoms with E-state index in [1.165, 1.54) is 20.0 Å². The molecule has 2 aliphatic heterocycles. The highest BCUT2D eigenvalue weighted by atomic mass is 16.6. The minimum absolute atomic E-state index is 0.0222. The molecule has 3 aromatic rings. The molecule has 13 heteroatoms. The molecule has 0 bridgehead atoms. The molecule has 1 fully saturated rings. The van der Waals surface area contributed by atoms with E-state index < -0.39 is 52.7 Å². The van der Waals surface area contributed by atoms with E-state index in [9.17, 15) is 24.4 Å². The van der Waals surface area contributed by atoms with Crippen molar-refractivity contribution in [2.24, 2.45) is 0 Å². The van der Waals surface area contributed by atoms with Gasteiger partial charge in [0.15, 0.2) is 5.58 Å². The van der Waals surface area contributed by atoms with Crippen LogP contribution in [0.4, 0.5) is 0 Å². The molecule has 0 aliphatic carbocycles. The summed E-state index contributed by atoms with van der Waals surface area (Å²) in [4.78, 5) is 55.2. The average molecular weight is 542 g/mol. The summed E-state index contributed by atoms with van der Waals surface area (Å²) in [6, 6.07) is 3.54. The number of ether oxygens (including phenoxy) is 3. The fourth-order valence-electron chi connectivity index (χ4n) is 5.43. The van der Waals surface area contributed by atoms with E-state index >= 15 is 0 Å². The van der Waals surface area contributed by atoms with Crippen LogP contribution < -0.4 is 11.2 Å². The molecule has 3 atom stereocenters. The molecule has 207 valence electrons. The maximum atomic E-state index is 12.9. The molecule has 1 N–H and O–H groups in total. The molecule has 2 aliphatic rings. The second kappa shape index (κ2) is 9.14. The third-order valence-corrected chi connectivity index (χ3v) is 7.32. The predicted octanol–water partition coefficient (Wildman–Crippen LogP) is 2.26. The van der Waals surface area contributed by atoms with E-state index in [1.54, 1.807) is 12.1 Å². The Hall–Kier alpha value is -3.81. The Kier molecular flexibility index (Phi) is 6.28. The molecule has 4 heterocycles. The highest BCUT2D eigenvalue weighted by Crippen LogP contribution is 2.49. The van der Waals surface area contributed by atoms with Crippen LogP contribution in [0.5, 0.6) is 0 Å². The minimum atomic E-state index is -0.934. The van der Waals surface area contributed by atoms with Gasteiger partial charge in [0.05, 0.1) is 11.1 Å². The number of fused-ring (bicyclic) bond motifs is 2. The van der Waals surface area contributed by atoms with Gasteiger partial charge in [-0.05, 0) is 51.0 Å². The van der Waals surface area contributed by atoms with Crippen LogP contribution in [0.2, 0.25) is 0 Å². The maximum Gasteiger partial charge on any atom is 0.330 e. The van der Waals surface area contributed by atoms with Gasteiger partial charge >= 0.3 is 17.6 Å². The first-order valence-electron chi connectivity index (χ1n) is 12.4. The van der Waals surface area contributed by atoms with Gasteiger partial charge in [-0.3, -0.25) is 23.9 Å². The summed E-state index contributed by atoms with van der Waals surface area (Å²) in [6.45, 7) is 9.62. The summed E-state index contributed by atoms with van der Waals surface area (Å²) < 4.78 is 23.3. The number of hydrogen-bond acceptors (Lipinski definition) is 10. The van der Waals surface area contributed by atoms with Gasteiger partial charge < -0.3 is 18.6 Å². The van der Waals surface area contributed by atoms with Crippen molar-refractivity contribution in [2.75, 3.05) is 6.61 Å². The van der Waals surface area contributed by atoms with Gasteiger partial charge in [-0.25, -0.2) is 9.78 Å². The summed E-state index contributed by atoms with van der Waals surface area (Å²) in [5.41, 5.74) is -0.642. The van der Waals surface area contributed by atoms with Gasteiger partial charge in [0.2, 0.25) is 5.89 Å². The Morgan fingerprint density at radius 2 is 1.77 bits per heavy atom. The number of esters is 2. The minimum Gasteiger partial charge on any atom is -0.463 e. The molecular formula is C26H29N4O9. The van der Waals surface area contributed by atoms with Crippen molar-refractivity contribution in [1.82, 2.24) is 19.6 Å². The number of nitrogens with one attached hydrogen (secondary N) is 1. The first kappa shape index (κ1) is 26.8. The number of benzene rings is 1. The Morgan fingerprint density at radius 1 is 1.10 bits per heavy atom. The highest BCUT2D eigenvalue weighted by molar-refractivity contribution is 5.79. The zero-order valence-corrected chi connectivity index (χ0v) is 22.4. The number of H-pyrrole nitrogens is 1. The first-order chi connectivity index (χ1) is 18.2. The number of hydroxylamine groups is 2. The Bertz CT molecular complexity index is 1550. The second-order valence-electron chi connectivity index (χ2n) is 10.8. The van der Waals surface area contributed by atoms with E-state index in [4.69, 9.17) is 18.6 Å². The normalized spacial score (nSPS) is 23.6. The van der Waals surface area contributed by atoms with Crippen LogP contribution in [0.25, 0.3) is 22.6 Å². The van der Waals surface area contributed by atoms with E-state index in [-0.39, 0.29) is 24.5 Å². The van der Waals surface area contributed by atoms with Crippen LogP contribution >= 0.6 is 0 Å². The molecule has 0 saturated carbocycles. The predicted molar refractivity (Wildman–Crippen MR) is 134 cm³/mol. The molecule has 1 aromatic carbocycles. The van der Waals surface area contributed by atoms with Gasteiger partial charge in [0.1, 0.15) is 36.1 Å². The van der Waals surface area contributed by atoms with Gasteiger partial charge in [-0.15, -0.1) is 10.3 Å². The van der Waals surface area contributed by atoms with Gasteiger partial charge in [-0.1, -0.05) is 0 Å². The van der Waals surface area contributed by atoms with E-state index in [2.05, 4.69) is 9.97 Å². The summed E-state index contributed by atoms with van der Waals surface area (Å²) in [5.74, 6) is -1.12. The second-order valence-corrected chi connectivity index (χ2v) is 10.8. The summed E-state index contributed by atoms with van der Waals surface area (Å²) in [7, 11) is 0. The topological polar surface area (TPSA) is 166 Å². The third-order valence-electron chi connectivity index (χ3n) is 7.32. The molecule has 5 rings (SSSR count). The molecule has 1 saturated heterocycles. The van der Waals surface area contributed by atoms with Crippen molar-refractivity contribution in [2.45, 2.75) is 77.5 Å². The molecule has 39 heavy (non-hydrogen) atoms. The van der Waals surface area contributed by atoms with Crippen LogP contribution in [-0.4, -0.2) is 50.4 Å². The van der Waals surface area contributed by atoms with E-state index in [1.807, 2.05) is 27.7 Å². The van der Waals surface area contributed by atoms with Crippen molar-refractivity contribution in [3.05, 3.63) is 50.3 Å². The van der Waals surface area contributed by atoms with Gasteiger partial charge in [-0.2, -0.15) is 0 Å². The third kappa shape index (κ3) is 4.45. The molecule has 2 aromatic heterocycles. The number of rotatable bonds is 5. The number of hydrogen-bond donors (Lipinski definition) is 1. The number of nitrogens with zero attached hydrogens (tertiary/aromatic N) is 3. The smallest absolute Gasteiger partial charge is 0.330 e. The first-order valence-corrected chi connectivity index (χ1v) is 12.4. The molecule has 13 nitrogen and oxygen atoms in total. The number of aromatic nitrogens is 3. The number of oxazole rings is 1. The van der Waals surface area contributed by atoms with Crippen LogP contribution in [0.3, 0.4) is 0 Å². The van der Waals surface area contributed by atoms with Crippen LogP contribution in [0.15, 0.2) is 32.3 Å². The zero-order chi connectivity index (χ0) is 28.4. The Labute approximate surface area is 222 Å². The van der Waals surface area contributed by atoms with Gasteiger partial charge in [0.25, 0.3) is 5.56 Å². The van der Waals surface area contributed by atoms with Crippen molar-refractivity contribution in [3.63, 3.8) is 0 Å². The highest BCUT2D eigenvalue weighted by Gasteiger charge is 2.50. The fourth-order valence-corrected chi connectivity index (χ4v) is 5.43. The standard InChI is InChI=1S/C26H29N4O9/c1-12(31)36-11-20-19(37-13(2)32)9-21(38-20)29-10-14(22(33)28-24(29)34)23-27-17-7-15-16(8-18(17)39-23)26(5,6)30(35)25(15,3)4/h7-8,10,19-21H,9,11H2,1-6H3,(H,28,33,34)/t19-,20+,21+/m0/s1. The van der Waals surface area contributed by atoms with Crippen LogP contribution in [-0.2, 0) is 40.1 Å². The van der Waals surface area contributed by atoms with Crippen LogP contribution in [0.1, 0.15) is 65.3 Å². The van der Waals surface area contributed by atoms with E-state index in [0.717, 1.165) is 20.8 Å². The molecule has 0 amide bonds. The number of aromatic amines is 1. The Morgan fingerprint density at radius 3 is 2.41 bits per heavy atom. The number of carbonyl (C=O) groups is 2. The van der Waals surface area contributed by atoms with Crippen molar-refractivity contribution in [1.29, 1.82) is 0 Å². The molecular weight excluding hydrogens is 512 g/mol. The lowest BCUT2D eigenvalue weighted by atomic mass is 9.90. The lowest BCUT2D eigenvalue weighted by Crippen LogP contribution is -2.41. The molecule has 0 spiro atoms. The summed E-state index contributed by atoms with van der Waals surface area (Å²) in [6.07, 6.45) is -1.18. The zero-order valence-electron chi connectivity index (χ0n) is 22.4. The van der Waals surface area contributed by atoms with Gasteiger partial charge in [0, 0.05) is 26.5 Å². The lowest BCUT2D eigenvalue weighted by molar-refractivity contribution is -0.266. The lowest BCUT2D eigenvalue weighted by Gasteiger charge is -2.32. The fraction of sp³-hybridized carbons (Fsp3) is 0.500. The molecule has 1 radical (unpaired) electrons. The SMILES string of the molecule is CC(=O)OC[C@H]1O[C@@H](n2cc(-c3nc4cc5c(cc4o3)C(C)(C)N([O])C5(C)C)c(=O)[nH]c2=O)C[C@@H]1OC(C)=O. The summed E-state index contributed by atoms with van der Waals surface area (Å²) in [5, 5.41) is 14.0. The number of carbonyl (C=O) groups excluding carboxylic acids is 2.